The Balaban J connectivity index is 0.00000625. The lowest BCUT2D eigenvalue weighted by atomic mass is 9.86. The molecule has 25 heavy (non-hydrogen) atoms. The Morgan fingerprint density at radius 3 is 2.64 bits per heavy atom. The van der Waals surface area contributed by atoms with Crippen LogP contribution in [0.5, 0.6) is 0 Å². The van der Waals surface area contributed by atoms with Crippen molar-refractivity contribution in [3.05, 3.63) is 0 Å². The van der Waals surface area contributed by atoms with Crippen molar-refractivity contribution in [1.82, 2.24) is 4.90 Å². The van der Waals surface area contributed by atoms with Crippen molar-refractivity contribution in [3.63, 3.8) is 0 Å². The Bertz CT molecular complexity index is 463. The number of nitrogens with two attached hydrogens (primary N) is 1. The average molecular weight is 373 g/mol. The highest BCUT2D eigenvalue weighted by atomic mass is 32.2. The van der Waals surface area contributed by atoms with Crippen LogP contribution in [-0.4, -0.2) is 40.8 Å². The Morgan fingerprint density at radius 1 is 1.36 bits per heavy atom. The van der Waals surface area contributed by atoms with E-state index in [0.717, 1.165) is 19.5 Å². The molecule has 0 amide bonds. The molecule has 1 aliphatic rings. The third kappa shape index (κ3) is 8.45. The molecule has 0 radical (unpaired) electrons. The molecule has 0 aromatic carbocycles. The summed E-state index contributed by atoms with van der Waals surface area (Å²) in [7, 11) is 0. The molecule has 3 N–H and O–H groups in total. The minimum Gasteiger partial charge on any atom is -0.392 e. The first kappa shape index (κ1) is 22.3. The second kappa shape index (κ2) is 9.81. The molecule has 0 spiro atoms. The van der Waals surface area contributed by atoms with Crippen molar-refractivity contribution in [2.45, 2.75) is 79.7 Å². The lowest BCUT2D eigenvalue weighted by molar-refractivity contribution is 0.0638. The Kier molecular flexibility index (Phi) is 8.75. The first-order chi connectivity index (χ1) is 11.5. The quantitative estimate of drug-likeness (QED) is 0.360. The van der Waals surface area contributed by atoms with Crippen molar-refractivity contribution >= 4 is 22.0 Å². The van der Waals surface area contributed by atoms with Gasteiger partial charge in [-0.25, -0.2) is 0 Å². The fourth-order valence-electron chi connectivity index (χ4n) is 3.04. The molecule has 1 rings (SSSR count). The standard InChI is InChI=1S/C19H38N4OS.H2/c1-7-8-11-19(5,6)14-23-12-9-10-15(23)13-24-22-17(21)25-16(20)18(2,3)4;/h15,20H,7-14H2,1-6H3,(H2,21,22);1H. The molecule has 1 heterocycles. The van der Waals surface area contributed by atoms with E-state index in [0.29, 0.717) is 28.3 Å². The fraction of sp³-hybridized carbons (Fsp3) is 0.895. The number of thioether (sulfide) groups is 1. The van der Waals surface area contributed by atoms with E-state index < -0.39 is 0 Å². The molecule has 1 fully saturated rings. The largest absolute Gasteiger partial charge is 0.392 e. The molecular weight excluding hydrogens is 332 g/mol. The predicted molar refractivity (Wildman–Crippen MR) is 112 cm³/mol. The zero-order valence-electron chi connectivity index (χ0n) is 17.0. The van der Waals surface area contributed by atoms with Gasteiger partial charge in [0.2, 0.25) is 5.17 Å². The van der Waals surface area contributed by atoms with E-state index in [9.17, 15) is 0 Å². The van der Waals surface area contributed by atoms with Gasteiger partial charge in [-0.2, -0.15) is 0 Å². The van der Waals surface area contributed by atoms with Gasteiger partial charge in [-0.3, -0.25) is 10.3 Å². The zero-order valence-corrected chi connectivity index (χ0v) is 17.8. The lowest BCUT2D eigenvalue weighted by Crippen LogP contribution is -2.39. The number of likely N-dealkylation sites (tertiary alicyclic amines) is 1. The molecule has 0 aromatic rings. The van der Waals surface area contributed by atoms with Gasteiger partial charge in [0, 0.05) is 19.4 Å². The number of hydrogen-bond acceptors (Lipinski definition) is 5. The van der Waals surface area contributed by atoms with Crippen LogP contribution in [0.15, 0.2) is 5.16 Å². The molecule has 6 heteroatoms. The molecule has 0 aliphatic carbocycles. The van der Waals surface area contributed by atoms with Gasteiger partial charge in [-0.1, -0.05) is 59.5 Å². The van der Waals surface area contributed by atoms with Crippen LogP contribution in [0.3, 0.4) is 0 Å². The maximum absolute atomic E-state index is 8.00. The average Bonchev–Trinajstić information content (AvgIpc) is 2.90. The predicted octanol–water partition coefficient (Wildman–Crippen LogP) is 4.92. The normalized spacial score (nSPS) is 20.1. The van der Waals surface area contributed by atoms with Crippen LogP contribution in [0.25, 0.3) is 0 Å². The van der Waals surface area contributed by atoms with Crippen LogP contribution in [0.1, 0.15) is 75.1 Å². The SMILES string of the molecule is CCCCC(C)(C)CN1CCCC1CO/N=C(/N)SC(=N)C(C)(C)C.[HH]. The number of rotatable bonds is 8. The maximum atomic E-state index is 8.00. The molecule has 1 atom stereocenters. The number of oxime groups is 1. The van der Waals surface area contributed by atoms with E-state index in [-0.39, 0.29) is 6.84 Å². The van der Waals surface area contributed by atoms with E-state index in [1.807, 2.05) is 20.8 Å². The third-order valence-electron chi connectivity index (χ3n) is 4.65. The highest BCUT2D eigenvalue weighted by Crippen LogP contribution is 2.29. The number of nitrogens with zero attached hydrogens (tertiary/aromatic N) is 2. The molecule has 148 valence electrons. The summed E-state index contributed by atoms with van der Waals surface area (Å²) >= 11 is 1.18. The topological polar surface area (TPSA) is 74.7 Å². The number of amidine groups is 1. The Labute approximate surface area is 160 Å². The molecule has 0 aromatic heterocycles. The molecule has 0 bridgehead atoms. The van der Waals surface area contributed by atoms with Gasteiger partial charge in [0.25, 0.3) is 0 Å². The van der Waals surface area contributed by atoms with Crippen LogP contribution in [0, 0.1) is 16.2 Å². The number of nitrogens with one attached hydrogen (secondary N) is 1. The highest BCUT2D eigenvalue weighted by molar-refractivity contribution is 8.26. The van der Waals surface area contributed by atoms with Gasteiger partial charge in [-0.15, -0.1) is 0 Å². The van der Waals surface area contributed by atoms with Crippen LogP contribution in [-0.2, 0) is 4.84 Å². The van der Waals surface area contributed by atoms with Crippen molar-refractivity contribution in [2.75, 3.05) is 19.7 Å². The summed E-state index contributed by atoms with van der Waals surface area (Å²) in [6.07, 6.45) is 6.19. The van der Waals surface area contributed by atoms with E-state index in [4.69, 9.17) is 16.0 Å². The second-order valence-electron chi connectivity index (χ2n) is 8.94. The summed E-state index contributed by atoms with van der Waals surface area (Å²) < 4.78 is 0. The summed E-state index contributed by atoms with van der Waals surface area (Å²) in [6.45, 7) is 15.8. The highest BCUT2D eigenvalue weighted by Gasteiger charge is 2.30. The smallest absolute Gasteiger partial charge is 0.203 e. The summed E-state index contributed by atoms with van der Waals surface area (Å²) in [4.78, 5) is 8.07. The summed E-state index contributed by atoms with van der Waals surface area (Å²) in [5.41, 5.74) is 6.02. The van der Waals surface area contributed by atoms with Crippen LogP contribution < -0.4 is 5.73 Å². The van der Waals surface area contributed by atoms with Crippen molar-refractivity contribution in [1.29, 1.82) is 5.41 Å². The Morgan fingerprint density at radius 2 is 2.04 bits per heavy atom. The van der Waals surface area contributed by atoms with Gasteiger partial charge in [0.1, 0.15) is 6.61 Å². The van der Waals surface area contributed by atoms with Gasteiger partial charge in [0.15, 0.2) is 0 Å². The third-order valence-corrected chi connectivity index (χ3v) is 5.75. The first-order valence-electron chi connectivity index (χ1n) is 9.51. The summed E-state index contributed by atoms with van der Waals surface area (Å²) in [5, 5.41) is 12.8. The molecule has 1 aliphatic heterocycles. The van der Waals surface area contributed by atoms with Gasteiger partial charge >= 0.3 is 0 Å². The second-order valence-corrected chi connectivity index (χ2v) is 9.97. The molecule has 1 unspecified atom stereocenters. The first-order valence-corrected chi connectivity index (χ1v) is 10.3. The van der Waals surface area contributed by atoms with Gasteiger partial charge < -0.3 is 10.6 Å². The minimum absolute atomic E-state index is 0. The van der Waals surface area contributed by atoms with Crippen LogP contribution in [0.4, 0.5) is 0 Å². The van der Waals surface area contributed by atoms with Gasteiger partial charge in [0.05, 0.1) is 5.04 Å². The van der Waals surface area contributed by atoms with Crippen molar-refractivity contribution in [2.24, 2.45) is 21.7 Å². The number of hydrogen-bond donors (Lipinski definition) is 2. The fourth-order valence-corrected chi connectivity index (χ4v) is 3.64. The van der Waals surface area contributed by atoms with Crippen molar-refractivity contribution in [3.8, 4) is 0 Å². The molecule has 0 saturated carbocycles. The number of unbranched alkanes of at least 4 members (excludes halogenated alkanes) is 1. The molecule has 5 nitrogen and oxygen atoms in total. The van der Waals surface area contributed by atoms with Gasteiger partial charge in [-0.05, 0) is 43.0 Å². The van der Waals surface area contributed by atoms with Crippen molar-refractivity contribution < 1.29 is 6.26 Å². The van der Waals surface area contributed by atoms with E-state index in [1.165, 1.54) is 37.4 Å². The van der Waals surface area contributed by atoms with Crippen LogP contribution >= 0.6 is 11.8 Å². The summed E-state index contributed by atoms with van der Waals surface area (Å²) in [5.74, 6) is 0. The van der Waals surface area contributed by atoms with E-state index in [1.54, 1.807) is 0 Å². The lowest BCUT2D eigenvalue weighted by Gasteiger charge is -2.33. The Hall–Kier alpha value is -0.750. The minimum atomic E-state index is -0.211. The zero-order chi connectivity index (χ0) is 19.1. The molecule has 1 saturated heterocycles. The maximum Gasteiger partial charge on any atom is 0.203 e. The monoisotopic (exact) mass is 372 g/mol. The van der Waals surface area contributed by atoms with Crippen LogP contribution in [0.2, 0.25) is 0 Å². The molecular formula is C19H40N4OS. The summed E-state index contributed by atoms with van der Waals surface area (Å²) in [6, 6.07) is 0.421. The van der Waals surface area contributed by atoms with E-state index >= 15 is 0 Å². The van der Waals surface area contributed by atoms with E-state index in [2.05, 4.69) is 30.8 Å².